The summed E-state index contributed by atoms with van der Waals surface area (Å²) >= 11 is 0. The van der Waals surface area contributed by atoms with Crippen molar-refractivity contribution >= 4 is 11.9 Å². The van der Waals surface area contributed by atoms with Crippen LogP contribution in [0.25, 0.3) is 0 Å². The summed E-state index contributed by atoms with van der Waals surface area (Å²) in [4.78, 5) is 23.8. The molecule has 0 aliphatic carbocycles. The summed E-state index contributed by atoms with van der Waals surface area (Å²) in [5.41, 5.74) is 2.41. The van der Waals surface area contributed by atoms with Gasteiger partial charge in [0.1, 0.15) is 0 Å². The summed E-state index contributed by atoms with van der Waals surface area (Å²) < 4.78 is 0. The first-order valence-corrected chi connectivity index (χ1v) is 9.78. The van der Waals surface area contributed by atoms with E-state index in [4.69, 9.17) is 0 Å². The lowest BCUT2D eigenvalue weighted by atomic mass is 9.78. The number of aliphatic carboxylic acids is 2. The molecule has 0 aliphatic rings. The first-order valence-electron chi connectivity index (χ1n) is 9.78. The molecule has 0 fully saturated rings. The van der Waals surface area contributed by atoms with Crippen LogP contribution in [0.15, 0.2) is 18.2 Å². The van der Waals surface area contributed by atoms with E-state index in [0.717, 1.165) is 24.8 Å². The second-order valence-electron chi connectivity index (χ2n) is 7.89. The highest BCUT2D eigenvalue weighted by Gasteiger charge is 2.32. The largest absolute Gasteiger partial charge is 0.481 e. The molecule has 2 atom stereocenters. The molecule has 0 amide bonds. The number of carboxylic acids is 2. The molecule has 0 aromatic heterocycles. The second-order valence-corrected chi connectivity index (χ2v) is 7.89. The van der Waals surface area contributed by atoms with Gasteiger partial charge >= 0.3 is 11.9 Å². The summed E-state index contributed by atoms with van der Waals surface area (Å²) in [5, 5.41) is 19.5. The molecule has 4 nitrogen and oxygen atoms in total. The third-order valence-corrected chi connectivity index (χ3v) is 5.01. The molecule has 4 heteroatoms. The van der Waals surface area contributed by atoms with E-state index in [9.17, 15) is 19.8 Å². The van der Waals surface area contributed by atoms with E-state index in [0.29, 0.717) is 11.1 Å². The highest BCUT2D eigenvalue weighted by Crippen LogP contribution is 2.36. The zero-order valence-corrected chi connectivity index (χ0v) is 16.8. The maximum Gasteiger partial charge on any atom is 0.311 e. The first kappa shape index (κ1) is 22.2. The highest BCUT2D eigenvalue weighted by atomic mass is 16.4. The molecule has 2 N–H and O–H groups in total. The van der Waals surface area contributed by atoms with Crippen LogP contribution in [0, 0.1) is 11.8 Å². The summed E-state index contributed by atoms with van der Waals surface area (Å²) in [7, 11) is 0. The van der Waals surface area contributed by atoms with Crippen LogP contribution >= 0.6 is 0 Å². The van der Waals surface area contributed by atoms with E-state index >= 15 is 0 Å². The quantitative estimate of drug-likeness (QED) is 0.513. The SMILES string of the molecule is CCCCCCc1ccc(C(C(=O)O)C(C)C)c(C(C(=O)O)C(C)C)c1. The predicted molar refractivity (Wildman–Crippen MR) is 105 cm³/mol. The molecule has 0 aliphatic heterocycles. The molecule has 0 saturated carbocycles. The minimum atomic E-state index is -0.898. The van der Waals surface area contributed by atoms with Gasteiger partial charge in [0.05, 0.1) is 11.8 Å². The van der Waals surface area contributed by atoms with Gasteiger partial charge in [-0.2, -0.15) is 0 Å². The van der Waals surface area contributed by atoms with E-state index in [1.54, 1.807) is 0 Å². The lowest BCUT2D eigenvalue weighted by Crippen LogP contribution is -2.24. The number of hydrogen-bond donors (Lipinski definition) is 2. The molecule has 2 unspecified atom stereocenters. The standard InChI is InChI=1S/C22H34O4/c1-6-7-8-9-10-16-11-12-17(19(14(2)3)21(23)24)18(13-16)20(15(4)5)22(25)26/h11-15,19-20H,6-10H2,1-5H3,(H,23,24)(H,25,26). The van der Waals surface area contributed by atoms with Gasteiger partial charge in [-0.3, -0.25) is 9.59 Å². The van der Waals surface area contributed by atoms with Crippen molar-refractivity contribution in [3.8, 4) is 0 Å². The Kier molecular flexibility index (Phi) is 8.83. The third kappa shape index (κ3) is 5.86. The Hall–Kier alpha value is -1.84. The van der Waals surface area contributed by atoms with Crippen molar-refractivity contribution in [2.45, 2.75) is 78.6 Å². The molecular weight excluding hydrogens is 328 g/mol. The smallest absolute Gasteiger partial charge is 0.311 e. The third-order valence-electron chi connectivity index (χ3n) is 5.01. The van der Waals surface area contributed by atoms with Crippen molar-refractivity contribution in [2.75, 3.05) is 0 Å². The molecule has 1 aromatic rings. The van der Waals surface area contributed by atoms with Gasteiger partial charge in [-0.05, 0) is 41.4 Å². The fraction of sp³-hybridized carbons (Fsp3) is 0.636. The minimum absolute atomic E-state index is 0.108. The minimum Gasteiger partial charge on any atom is -0.481 e. The number of hydrogen-bond acceptors (Lipinski definition) is 2. The molecule has 0 saturated heterocycles. The molecule has 1 aromatic carbocycles. The molecule has 1 rings (SSSR count). The van der Waals surface area contributed by atoms with Crippen LogP contribution in [0.3, 0.4) is 0 Å². The summed E-state index contributed by atoms with van der Waals surface area (Å²) in [5.74, 6) is -3.39. The van der Waals surface area contributed by atoms with Gasteiger partial charge in [0, 0.05) is 0 Å². The monoisotopic (exact) mass is 362 g/mol. The predicted octanol–water partition coefficient (Wildman–Crippen LogP) is 5.46. The zero-order valence-electron chi connectivity index (χ0n) is 16.8. The Labute approximate surface area is 157 Å². The number of benzene rings is 1. The number of unbranched alkanes of at least 4 members (excludes halogenated alkanes) is 3. The lowest BCUT2D eigenvalue weighted by Gasteiger charge is -2.26. The van der Waals surface area contributed by atoms with Crippen LogP contribution in [0.2, 0.25) is 0 Å². The Morgan fingerprint density at radius 3 is 1.85 bits per heavy atom. The number of aryl methyl sites for hydroxylation is 1. The Morgan fingerprint density at radius 2 is 1.38 bits per heavy atom. The van der Waals surface area contributed by atoms with Crippen LogP contribution in [0.5, 0.6) is 0 Å². The summed E-state index contributed by atoms with van der Waals surface area (Å²) in [6.45, 7) is 9.66. The number of carbonyl (C=O) groups is 2. The normalized spacial score (nSPS) is 13.8. The molecule has 0 bridgehead atoms. The average molecular weight is 363 g/mol. The van der Waals surface area contributed by atoms with E-state index in [-0.39, 0.29) is 11.8 Å². The van der Waals surface area contributed by atoms with Gasteiger partial charge < -0.3 is 10.2 Å². The molecule has 0 spiro atoms. The molecule has 146 valence electrons. The molecular formula is C22H34O4. The molecule has 26 heavy (non-hydrogen) atoms. The Morgan fingerprint density at radius 1 is 0.846 bits per heavy atom. The van der Waals surface area contributed by atoms with Gasteiger partial charge in [-0.25, -0.2) is 0 Å². The van der Waals surface area contributed by atoms with Crippen LogP contribution in [-0.4, -0.2) is 22.2 Å². The zero-order chi connectivity index (χ0) is 19.9. The molecule has 0 radical (unpaired) electrons. The van der Waals surface area contributed by atoms with E-state index in [2.05, 4.69) is 6.92 Å². The van der Waals surface area contributed by atoms with Crippen LogP contribution in [-0.2, 0) is 16.0 Å². The van der Waals surface area contributed by atoms with E-state index < -0.39 is 23.8 Å². The lowest BCUT2D eigenvalue weighted by molar-refractivity contribution is -0.141. The first-order chi connectivity index (χ1) is 12.2. The van der Waals surface area contributed by atoms with Gasteiger partial charge in [0.2, 0.25) is 0 Å². The van der Waals surface area contributed by atoms with E-state index in [1.807, 2.05) is 45.9 Å². The summed E-state index contributed by atoms with van der Waals surface area (Å²) in [6.07, 6.45) is 5.50. The van der Waals surface area contributed by atoms with Gasteiger partial charge in [0.15, 0.2) is 0 Å². The van der Waals surface area contributed by atoms with Gasteiger partial charge in [-0.1, -0.05) is 72.1 Å². The number of carboxylic acid groups (broad SMARTS) is 2. The molecule has 0 heterocycles. The number of rotatable bonds is 11. The second kappa shape index (κ2) is 10.3. The maximum atomic E-state index is 11.9. The Balaban J connectivity index is 3.35. The van der Waals surface area contributed by atoms with Crippen LogP contribution < -0.4 is 0 Å². The average Bonchev–Trinajstić information content (AvgIpc) is 2.52. The van der Waals surface area contributed by atoms with Gasteiger partial charge in [-0.15, -0.1) is 0 Å². The van der Waals surface area contributed by atoms with Crippen molar-refractivity contribution < 1.29 is 19.8 Å². The van der Waals surface area contributed by atoms with Crippen LogP contribution in [0.1, 0.15) is 88.8 Å². The summed E-state index contributed by atoms with van der Waals surface area (Å²) in [6, 6.07) is 5.77. The van der Waals surface area contributed by atoms with Gasteiger partial charge in [0.25, 0.3) is 0 Å². The van der Waals surface area contributed by atoms with Crippen molar-refractivity contribution in [2.24, 2.45) is 11.8 Å². The topological polar surface area (TPSA) is 74.6 Å². The van der Waals surface area contributed by atoms with E-state index in [1.165, 1.54) is 12.8 Å². The van der Waals surface area contributed by atoms with Crippen molar-refractivity contribution in [1.82, 2.24) is 0 Å². The highest BCUT2D eigenvalue weighted by molar-refractivity contribution is 5.81. The fourth-order valence-corrected chi connectivity index (χ4v) is 3.64. The fourth-order valence-electron chi connectivity index (χ4n) is 3.64. The van der Waals surface area contributed by atoms with Crippen molar-refractivity contribution in [3.05, 3.63) is 34.9 Å². The Bertz CT molecular complexity index is 604. The van der Waals surface area contributed by atoms with Crippen molar-refractivity contribution in [1.29, 1.82) is 0 Å². The van der Waals surface area contributed by atoms with Crippen LogP contribution in [0.4, 0.5) is 0 Å². The maximum absolute atomic E-state index is 11.9. The van der Waals surface area contributed by atoms with Crippen molar-refractivity contribution in [3.63, 3.8) is 0 Å².